The SMILES string of the molecule is O=S(=O)(c1cccc(CBr)c1)N1CCC[C@@H](CO)C1. The van der Waals surface area contributed by atoms with Crippen LogP contribution in [0.5, 0.6) is 0 Å². The Morgan fingerprint density at radius 1 is 1.42 bits per heavy atom. The fourth-order valence-corrected chi connectivity index (χ4v) is 4.31. The highest BCUT2D eigenvalue weighted by Gasteiger charge is 2.29. The topological polar surface area (TPSA) is 57.6 Å². The summed E-state index contributed by atoms with van der Waals surface area (Å²) in [7, 11) is -3.44. The van der Waals surface area contributed by atoms with Crippen LogP contribution in [-0.4, -0.2) is 37.5 Å². The number of hydrogen-bond acceptors (Lipinski definition) is 3. The summed E-state index contributed by atoms with van der Waals surface area (Å²) in [4.78, 5) is 0.336. The maximum atomic E-state index is 12.5. The number of benzene rings is 1. The van der Waals surface area contributed by atoms with Gasteiger partial charge in [-0.05, 0) is 36.5 Å². The van der Waals surface area contributed by atoms with Gasteiger partial charge in [0.15, 0.2) is 0 Å². The van der Waals surface area contributed by atoms with Crippen LogP contribution in [0.3, 0.4) is 0 Å². The van der Waals surface area contributed by atoms with Gasteiger partial charge in [0.05, 0.1) is 4.90 Å². The molecule has 1 saturated heterocycles. The number of halogens is 1. The lowest BCUT2D eigenvalue weighted by atomic mass is 10.0. The standard InChI is InChI=1S/C13H18BrNO3S/c14-8-11-3-1-5-13(7-11)19(17,18)15-6-2-4-12(9-15)10-16/h1,3,5,7,12,16H,2,4,6,8-10H2/t12-/m1/s1. The van der Waals surface area contributed by atoms with Crippen molar-refractivity contribution in [3.63, 3.8) is 0 Å². The maximum absolute atomic E-state index is 12.5. The zero-order valence-corrected chi connectivity index (χ0v) is 13.0. The Bertz CT molecular complexity index is 532. The van der Waals surface area contributed by atoms with Crippen molar-refractivity contribution in [2.75, 3.05) is 19.7 Å². The molecule has 19 heavy (non-hydrogen) atoms. The zero-order valence-electron chi connectivity index (χ0n) is 10.6. The average molecular weight is 348 g/mol. The Morgan fingerprint density at radius 2 is 2.21 bits per heavy atom. The Morgan fingerprint density at radius 3 is 2.89 bits per heavy atom. The fourth-order valence-electron chi connectivity index (χ4n) is 2.33. The molecule has 1 atom stereocenters. The van der Waals surface area contributed by atoms with Gasteiger partial charge in [0.2, 0.25) is 10.0 Å². The molecule has 1 aromatic carbocycles. The van der Waals surface area contributed by atoms with Gasteiger partial charge >= 0.3 is 0 Å². The molecular weight excluding hydrogens is 330 g/mol. The first-order valence-electron chi connectivity index (χ1n) is 6.34. The average Bonchev–Trinajstić information content (AvgIpc) is 2.47. The van der Waals surface area contributed by atoms with E-state index in [9.17, 15) is 13.5 Å². The summed E-state index contributed by atoms with van der Waals surface area (Å²) in [5.74, 6) is 0.0582. The Hall–Kier alpha value is -0.430. The lowest BCUT2D eigenvalue weighted by molar-refractivity contribution is 0.165. The summed E-state index contributed by atoms with van der Waals surface area (Å²) in [6, 6.07) is 6.98. The normalized spacial score (nSPS) is 21.5. The summed E-state index contributed by atoms with van der Waals surface area (Å²) in [6.45, 7) is 1.00. The third-order valence-electron chi connectivity index (χ3n) is 3.43. The molecule has 0 spiro atoms. The third-order valence-corrected chi connectivity index (χ3v) is 5.94. The summed E-state index contributed by atoms with van der Waals surface area (Å²) in [5, 5.41) is 9.83. The second-order valence-corrected chi connectivity index (χ2v) is 7.33. The van der Waals surface area contributed by atoms with E-state index < -0.39 is 10.0 Å². The molecule has 1 N–H and O–H groups in total. The molecule has 106 valence electrons. The van der Waals surface area contributed by atoms with Gasteiger partial charge in [-0.1, -0.05) is 28.1 Å². The first kappa shape index (κ1) is 15.0. The number of nitrogens with zero attached hydrogens (tertiary/aromatic N) is 1. The van der Waals surface area contributed by atoms with Crippen LogP contribution in [0.4, 0.5) is 0 Å². The monoisotopic (exact) mass is 347 g/mol. The van der Waals surface area contributed by atoms with Gasteiger partial charge in [0, 0.05) is 25.0 Å². The Kier molecular flexibility index (Phi) is 5.00. The van der Waals surface area contributed by atoms with Gasteiger partial charge in [0.1, 0.15) is 0 Å². The van der Waals surface area contributed by atoms with Crippen molar-refractivity contribution in [3.05, 3.63) is 29.8 Å². The highest BCUT2D eigenvalue weighted by Crippen LogP contribution is 2.24. The van der Waals surface area contributed by atoms with Gasteiger partial charge in [-0.2, -0.15) is 4.31 Å². The molecule has 6 heteroatoms. The molecule has 0 radical (unpaired) electrons. The molecule has 0 bridgehead atoms. The number of sulfonamides is 1. The van der Waals surface area contributed by atoms with Gasteiger partial charge in [-0.15, -0.1) is 0 Å². The first-order valence-corrected chi connectivity index (χ1v) is 8.90. The molecule has 1 aliphatic rings. The van der Waals surface area contributed by atoms with E-state index in [4.69, 9.17) is 0 Å². The molecule has 0 aromatic heterocycles. The summed E-state index contributed by atoms with van der Waals surface area (Å²) in [6.07, 6.45) is 1.70. The van der Waals surface area contributed by atoms with E-state index in [0.29, 0.717) is 23.3 Å². The third kappa shape index (κ3) is 3.37. The van der Waals surface area contributed by atoms with Crippen LogP contribution < -0.4 is 0 Å². The van der Waals surface area contributed by atoms with Crippen molar-refractivity contribution in [2.24, 2.45) is 5.92 Å². The Labute approximate surface area is 122 Å². The quantitative estimate of drug-likeness (QED) is 0.847. The van der Waals surface area contributed by atoms with E-state index in [1.165, 1.54) is 4.31 Å². The number of hydrogen-bond donors (Lipinski definition) is 1. The largest absolute Gasteiger partial charge is 0.396 e. The highest BCUT2D eigenvalue weighted by atomic mass is 79.9. The summed E-state index contributed by atoms with van der Waals surface area (Å²) in [5.41, 5.74) is 0.941. The van der Waals surface area contributed by atoms with E-state index in [1.54, 1.807) is 18.2 Å². The molecule has 0 saturated carbocycles. The fraction of sp³-hybridized carbons (Fsp3) is 0.538. The second-order valence-electron chi connectivity index (χ2n) is 4.83. The van der Waals surface area contributed by atoms with Crippen LogP contribution in [0.25, 0.3) is 0 Å². The van der Waals surface area contributed by atoms with Crippen molar-refractivity contribution >= 4 is 26.0 Å². The van der Waals surface area contributed by atoms with E-state index in [-0.39, 0.29) is 12.5 Å². The van der Waals surface area contributed by atoms with Crippen LogP contribution >= 0.6 is 15.9 Å². The van der Waals surface area contributed by atoms with E-state index in [1.807, 2.05) is 6.07 Å². The van der Waals surface area contributed by atoms with E-state index >= 15 is 0 Å². The smallest absolute Gasteiger partial charge is 0.243 e. The molecule has 2 rings (SSSR count). The molecular formula is C13H18BrNO3S. The zero-order chi connectivity index (χ0) is 13.9. The molecule has 1 fully saturated rings. The predicted molar refractivity (Wildman–Crippen MR) is 77.6 cm³/mol. The molecule has 4 nitrogen and oxygen atoms in total. The van der Waals surface area contributed by atoms with E-state index in [2.05, 4.69) is 15.9 Å². The van der Waals surface area contributed by atoms with Crippen LogP contribution in [0.1, 0.15) is 18.4 Å². The molecule has 0 aliphatic carbocycles. The van der Waals surface area contributed by atoms with Crippen molar-refractivity contribution in [3.8, 4) is 0 Å². The highest BCUT2D eigenvalue weighted by molar-refractivity contribution is 9.08. The molecule has 0 amide bonds. The number of aliphatic hydroxyl groups is 1. The van der Waals surface area contributed by atoms with Crippen LogP contribution in [0.2, 0.25) is 0 Å². The minimum Gasteiger partial charge on any atom is -0.396 e. The minimum absolute atomic E-state index is 0.0491. The van der Waals surface area contributed by atoms with Gasteiger partial charge in [0.25, 0.3) is 0 Å². The number of aliphatic hydroxyl groups excluding tert-OH is 1. The van der Waals surface area contributed by atoms with Gasteiger partial charge in [-0.25, -0.2) is 8.42 Å². The first-order chi connectivity index (χ1) is 9.07. The molecule has 1 aliphatic heterocycles. The lowest BCUT2D eigenvalue weighted by Gasteiger charge is -2.31. The van der Waals surface area contributed by atoms with Crippen molar-refractivity contribution in [2.45, 2.75) is 23.1 Å². The van der Waals surface area contributed by atoms with Crippen LogP contribution in [0, 0.1) is 5.92 Å². The van der Waals surface area contributed by atoms with Crippen molar-refractivity contribution in [1.82, 2.24) is 4.31 Å². The van der Waals surface area contributed by atoms with E-state index in [0.717, 1.165) is 18.4 Å². The maximum Gasteiger partial charge on any atom is 0.243 e. The number of alkyl halides is 1. The van der Waals surface area contributed by atoms with Gasteiger partial charge in [-0.3, -0.25) is 0 Å². The minimum atomic E-state index is -3.44. The molecule has 0 unspecified atom stereocenters. The Balaban J connectivity index is 2.25. The summed E-state index contributed by atoms with van der Waals surface area (Å²) < 4.78 is 26.6. The van der Waals surface area contributed by atoms with Crippen LogP contribution in [-0.2, 0) is 15.4 Å². The molecule has 1 heterocycles. The van der Waals surface area contributed by atoms with Crippen molar-refractivity contribution in [1.29, 1.82) is 0 Å². The number of piperidine rings is 1. The molecule has 1 aromatic rings. The lowest BCUT2D eigenvalue weighted by Crippen LogP contribution is -2.40. The summed E-state index contributed by atoms with van der Waals surface area (Å²) >= 11 is 3.33. The number of rotatable bonds is 4. The van der Waals surface area contributed by atoms with Gasteiger partial charge < -0.3 is 5.11 Å². The second kappa shape index (κ2) is 6.35. The predicted octanol–water partition coefficient (Wildman–Crippen LogP) is 1.97. The van der Waals surface area contributed by atoms with Crippen molar-refractivity contribution < 1.29 is 13.5 Å². The van der Waals surface area contributed by atoms with Crippen LogP contribution in [0.15, 0.2) is 29.2 Å².